The summed E-state index contributed by atoms with van der Waals surface area (Å²) < 4.78 is 0. The molecule has 0 saturated carbocycles. The van der Waals surface area contributed by atoms with Crippen molar-refractivity contribution in [3.63, 3.8) is 0 Å². The van der Waals surface area contributed by atoms with Crippen molar-refractivity contribution in [1.82, 2.24) is 10.2 Å². The van der Waals surface area contributed by atoms with Crippen LogP contribution in [-0.2, 0) is 4.79 Å². The average Bonchev–Trinajstić information content (AvgIpc) is 2.54. The number of carboxylic acid groups (broad SMARTS) is 1. The SMILES string of the molecule is CCCC(NC(=O)N1CC(C)CC(C(=O)O)C1)c1ccccc1. The summed E-state index contributed by atoms with van der Waals surface area (Å²) in [5.41, 5.74) is 1.09. The van der Waals surface area contributed by atoms with Gasteiger partial charge in [0.25, 0.3) is 0 Å². The lowest BCUT2D eigenvalue weighted by molar-refractivity contribution is -0.143. The molecule has 1 heterocycles. The fourth-order valence-electron chi connectivity index (χ4n) is 3.23. The van der Waals surface area contributed by atoms with Crippen LogP contribution in [0.1, 0.15) is 44.7 Å². The third kappa shape index (κ3) is 4.71. The molecular formula is C18H26N2O3. The predicted octanol–water partition coefficient (Wildman–Crippen LogP) is 3.28. The average molecular weight is 318 g/mol. The lowest BCUT2D eigenvalue weighted by atomic mass is 9.91. The van der Waals surface area contributed by atoms with Crippen molar-refractivity contribution >= 4 is 12.0 Å². The summed E-state index contributed by atoms with van der Waals surface area (Å²) in [4.78, 5) is 25.5. The minimum absolute atomic E-state index is 0.0331. The van der Waals surface area contributed by atoms with Crippen LogP contribution in [-0.4, -0.2) is 35.1 Å². The van der Waals surface area contributed by atoms with Crippen molar-refractivity contribution in [1.29, 1.82) is 0 Å². The number of benzene rings is 1. The van der Waals surface area contributed by atoms with Crippen molar-refractivity contribution < 1.29 is 14.7 Å². The van der Waals surface area contributed by atoms with Crippen LogP contribution in [0.3, 0.4) is 0 Å². The van der Waals surface area contributed by atoms with Crippen LogP contribution in [0.2, 0.25) is 0 Å². The topological polar surface area (TPSA) is 69.6 Å². The molecule has 5 nitrogen and oxygen atoms in total. The van der Waals surface area contributed by atoms with Crippen molar-refractivity contribution in [2.75, 3.05) is 13.1 Å². The number of hydrogen-bond acceptors (Lipinski definition) is 2. The smallest absolute Gasteiger partial charge is 0.317 e. The van der Waals surface area contributed by atoms with E-state index < -0.39 is 11.9 Å². The Kier molecular flexibility index (Phi) is 6.02. The molecule has 0 bridgehead atoms. The summed E-state index contributed by atoms with van der Waals surface area (Å²) in [5.74, 6) is -1.08. The van der Waals surface area contributed by atoms with Crippen LogP contribution in [0.5, 0.6) is 0 Å². The zero-order valence-corrected chi connectivity index (χ0v) is 13.9. The van der Waals surface area contributed by atoms with E-state index in [1.165, 1.54) is 0 Å². The van der Waals surface area contributed by atoms with E-state index in [9.17, 15) is 14.7 Å². The van der Waals surface area contributed by atoms with E-state index in [1.807, 2.05) is 37.3 Å². The van der Waals surface area contributed by atoms with Gasteiger partial charge in [-0.15, -0.1) is 0 Å². The molecule has 126 valence electrons. The van der Waals surface area contributed by atoms with Gasteiger partial charge in [0.1, 0.15) is 0 Å². The van der Waals surface area contributed by atoms with Crippen LogP contribution >= 0.6 is 0 Å². The number of nitrogens with zero attached hydrogens (tertiary/aromatic N) is 1. The van der Waals surface area contributed by atoms with E-state index >= 15 is 0 Å². The molecule has 1 aromatic carbocycles. The van der Waals surface area contributed by atoms with E-state index in [-0.39, 0.29) is 18.0 Å². The van der Waals surface area contributed by atoms with Crippen LogP contribution in [0, 0.1) is 11.8 Å². The van der Waals surface area contributed by atoms with Crippen LogP contribution in [0.25, 0.3) is 0 Å². The van der Waals surface area contributed by atoms with Gasteiger partial charge >= 0.3 is 12.0 Å². The number of likely N-dealkylation sites (tertiary alicyclic amines) is 1. The second kappa shape index (κ2) is 7.99. The molecule has 2 rings (SSSR count). The number of piperidine rings is 1. The zero-order valence-electron chi connectivity index (χ0n) is 13.9. The molecule has 1 fully saturated rings. The lowest BCUT2D eigenvalue weighted by Gasteiger charge is -2.35. The highest BCUT2D eigenvalue weighted by Gasteiger charge is 2.32. The molecule has 23 heavy (non-hydrogen) atoms. The molecule has 0 spiro atoms. The van der Waals surface area contributed by atoms with Crippen molar-refractivity contribution in [2.45, 2.75) is 39.2 Å². The number of nitrogens with one attached hydrogen (secondary N) is 1. The monoisotopic (exact) mass is 318 g/mol. The standard InChI is InChI=1S/C18H26N2O3/c1-3-7-16(14-8-5-4-6-9-14)19-18(23)20-11-13(2)10-15(12-20)17(21)22/h4-6,8-9,13,15-16H,3,7,10-12H2,1-2H3,(H,19,23)(H,21,22). The number of aliphatic carboxylic acids is 1. The minimum Gasteiger partial charge on any atom is -0.481 e. The summed E-state index contributed by atoms with van der Waals surface area (Å²) >= 11 is 0. The quantitative estimate of drug-likeness (QED) is 0.875. The maximum atomic E-state index is 12.6. The third-order valence-electron chi connectivity index (χ3n) is 4.37. The Hall–Kier alpha value is -2.04. The number of hydrogen-bond donors (Lipinski definition) is 2. The van der Waals surface area contributed by atoms with Crippen LogP contribution < -0.4 is 5.32 Å². The van der Waals surface area contributed by atoms with Gasteiger partial charge in [0.05, 0.1) is 12.0 Å². The van der Waals surface area contributed by atoms with Gasteiger partial charge in [-0.05, 0) is 24.3 Å². The summed E-state index contributed by atoms with van der Waals surface area (Å²) in [5, 5.41) is 12.3. The molecule has 1 saturated heterocycles. The van der Waals surface area contributed by atoms with Crippen molar-refractivity contribution in [2.24, 2.45) is 11.8 Å². The normalized spacial score (nSPS) is 22.4. The molecule has 5 heteroatoms. The number of urea groups is 1. The van der Waals surface area contributed by atoms with E-state index in [0.29, 0.717) is 19.5 Å². The highest BCUT2D eigenvalue weighted by atomic mass is 16.4. The number of carbonyl (C=O) groups excluding carboxylic acids is 1. The van der Waals surface area contributed by atoms with Crippen LogP contribution in [0.15, 0.2) is 30.3 Å². The number of carboxylic acids is 1. The van der Waals surface area contributed by atoms with Gasteiger partial charge < -0.3 is 15.3 Å². The second-order valence-electron chi connectivity index (χ2n) is 6.48. The van der Waals surface area contributed by atoms with Gasteiger partial charge in [0, 0.05) is 13.1 Å². The lowest BCUT2D eigenvalue weighted by Crippen LogP contribution is -2.50. The van der Waals surface area contributed by atoms with Crippen molar-refractivity contribution in [3.8, 4) is 0 Å². The van der Waals surface area contributed by atoms with Gasteiger partial charge in [-0.1, -0.05) is 50.6 Å². The maximum Gasteiger partial charge on any atom is 0.317 e. The molecule has 3 atom stereocenters. The van der Waals surface area contributed by atoms with E-state index in [0.717, 1.165) is 18.4 Å². The summed E-state index contributed by atoms with van der Waals surface area (Å²) in [6.07, 6.45) is 2.46. The first-order valence-electron chi connectivity index (χ1n) is 8.34. The molecule has 2 amide bonds. The Morgan fingerprint density at radius 3 is 2.61 bits per heavy atom. The maximum absolute atomic E-state index is 12.6. The van der Waals surface area contributed by atoms with Gasteiger partial charge in [-0.25, -0.2) is 4.79 Å². The Morgan fingerprint density at radius 2 is 2.00 bits per heavy atom. The van der Waals surface area contributed by atoms with Crippen molar-refractivity contribution in [3.05, 3.63) is 35.9 Å². The zero-order chi connectivity index (χ0) is 16.8. The molecule has 2 N–H and O–H groups in total. The highest BCUT2D eigenvalue weighted by molar-refractivity contribution is 5.77. The first-order chi connectivity index (χ1) is 11.0. The molecule has 0 aromatic heterocycles. The molecule has 1 aliphatic heterocycles. The van der Waals surface area contributed by atoms with E-state index in [2.05, 4.69) is 12.2 Å². The van der Waals surface area contributed by atoms with Gasteiger partial charge in [-0.2, -0.15) is 0 Å². The van der Waals surface area contributed by atoms with Crippen LogP contribution in [0.4, 0.5) is 4.79 Å². The fraction of sp³-hybridized carbons (Fsp3) is 0.556. The molecule has 3 unspecified atom stereocenters. The minimum atomic E-state index is -0.817. The fourth-order valence-corrected chi connectivity index (χ4v) is 3.23. The Labute approximate surface area is 137 Å². The summed E-state index contributed by atoms with van der Waals surface area (Å²) in [6, 6.07) is 9.72. The Bertz CT molecular complexity index is 532. The molecule has 1 aliphatic rings. The largest absolute Gasteiger partial charge is 0.481 e. The predicted molar refractivity (Wildman–Crippen MR) is 89.1 cm³/mol. The first kappa shape index (κ1) is 17.3. The molecule has 0 radical (unpaired) electrons. The highest BCUT2D eigenvalue weighted by Crippen LogP contribution is 2.23. The summed E-state index contributed by atoms with van der Waals surface area (Å²) in [6.45, 7) is 4.99. The van der Waals surface area contributed by atoms with Gasteiger partial charge in [0.2, 0.25) is 0 Å². The summed E-state index contributed by atoms with van der Waals surface area (Å²) in [7, 11) is 0. The third-order valence-corrected chi connectivity index (χ3v) is 4.37. The Balaban J connectivity index is 2.04. The Morgan fingerprint density at radius 1 is 1.30 bits per heavy atom. The van der Waals surface area contributed by atoms with Gasteiger partial charge in [0.15, 0.2) is 0 Å². The number of rotatable bonds is 5. The molecule has 1 aromatic rings. The molecular weight excluding hydrogens is 292 g/mol. The van der Waals surface area contributed by atoms with E-state index in [1.54, 1.807) is 4.90 Å². The molecule has 0 aliphatic carbocycles. The number of amides is 2. The second-order valence-corrected chi connectivity index (χ2v) is 6.48. The van der Waals surface area contributed by atoms with Gasteiger partial charge in [-0.3, -0.25) is 4.79 Å². The first-order valence-corrected chi connectivity index (χ1v) is 8.34. The van der Waals surface area contributed by atoms with E-state index in [4.69, 9.17) is 0 Å². The number of carbonyl (C=O) groups is 2.